The average molecular weight is 167 g/mol. The maximum absolute atomic E-state index is 10.1. The van der Waals surface area contributed by atoms with Crippen LogP contribution in [0.25, 0.3) is 0 Å². The predicted molar refractivity (Wildman–Crippen MR) is 21.8 cm³/mol. The molecule has 1 fully saturated rings. The molecular weight excluding hydrogens is 161 g/mol. The molecule has 0 spiro atoms. The van der Waals surface area contributed by atoms with Gasteiger partial charge in [-0.3, -0.25) is 0 Å². The van der Waals surface area contributed by atoms with Crippen LogP contribution in [0.2, 0.25) is 0 Å². The number of rotatable bonds is 0. The van der Waals surface area contributed by atoms with Crippen molar-refractivity contribution in [2.24, 2.45) is 0 Å². The molecule has 0 aromatic heterocycles. The Kier molecular flexibility index (Phi) is 4.01. The van der Waals surface area contributed by atoms with Gasteiger partial charge in [-0.2, -0.15) is 0 Å². The first-order valence-electron chi connectivity index (χ1n) is 2.13. The van der Waals surface area contributed by atoms with Gasteiger partial charge < -0.3 is 9.47 Å². The molecule has 1 heterocycles. The minimum Gasteiger partial charge on any atom is -0.462 e. The van der Waals surface area contributed by atoms with E-state index in [0.29, 0.717) is 13.2 Å². The van der Waals surface area contributed by atoms with Gasteiger partial charge in [0.1, 0.15) is 13.2 Å². The van der Waals surface area contributed by atoms with Crippen molar-refractivity contribution in [3.8, 4) is 0 Å². The number of carbonyl (C=O) groups is 1. The number of hydrogen-bond acceptors (Lipinski definition) is 3. The van der Waals surface area contributed by atoms with Gasteiger partial charge in [-0.15, -0.1) is 0 Å². The van der Waals surface area contributed by atoms with Crippen LogP contribution in [0.3, 0.4) is 0 Å². The van der Waals surface area contributed by atoms with Crippen LogP contribution in [-0.4, -0.2) is 25.8 Å². The van der Waals surface area contributed by atoms with Crippen molar-refractivity contribution in [1.29, 1.82) is 0 Å². The summed E-state index contributed by atoms with van der Waals surface area (Å²) in [5, 5.41) is 0. The minimum absolute atomic E-state index is 0. The number of carbonyl (C=O) groups excluding carboxylic acids is 1. The van der Waals surface area contributed by atoms with Crippen molar-refractivity contribution < 1.29 is 33.7 Å². The molecule has 1 saturated heterocycles. The summed E-state index contributed by atoms with van der Waals surface area (Å²) < 4.78 is 9.22. The fourth-order valence-electron chi connectivity index (χ4n) is 0.412. The van der Waals surface area contributed by atoms with Crippen molar-refractivity contribution in [1.82, 2.24) is 0 Å². The summed E-state index contributed by atoms with van der Waals surface area (Å²) in [5.74, 6) is -0.258. The zero-order valence-electron chi connectivity index (χ0n) is 4.55. The molecule has 0 bridgehead atoms. The molecule has 4 heteroatoms. The second kappa shape index (κ2) is 3.99. The van der Waals surface area contributed by atoms with Crippen LogP contribution in [0.15, 0.2) is 0 Å². The molecule has 8 heavy (non-hydrogen) atoms. The van der Waals surface area contributed by atoms with E-state index in [1.807, 2.05) is 0 Å². The van der Waals surface area contributed by atoms with E-state index >= 15 is 0 Å². The average Bonchev–Trinajstić information content (AvgIpc) is 1.69. The molecule has 1 rings (SSSR count). The fraction of sp³-hybridized carbons (Fsp3) is 0.750. The molecule has 0 aromatic carbocycles. The van der Waals surface area contributed by atoms with E-state index in [1.54, 1.807) is 0 Å². The first kappa shape index (κ1) is 8.05. The molecule has 0 unspecified atom stereocenters. The van der Waals surface area contributed by atoms with Crippen molar-refractivity contribution in [2.75, 3.05) is 19.8 Å². The van der Waals surface area contributed by atoms with Gasteiger partial charge in [0.15, 0.2) is 0 Å². The molecule has 42 valence electrons. The molecule has 0 N–H and O–H groups in total. The largest absolute Gasteiger partial charge is 0.462 e. The summed E-state index contributed by atoms with van der Waals surface area (Å²) in [6.07, 6.45) is 0. The molecule has 1 aliphatic rings. The molecule has 1 aliphatic heterocycles. The SMILES string of the molecule is O=C1COCCO1.[Zn]. The van der Waals surface area contributed by atoms with E-state index < -0.39 is 0 Å². The van der Waals surface area contributed by atoms with Crippen LogP contribution < -0.4 is 0 Å². The Morgan fingerprint density at radius 2 is 2.12 bits per heavy atom. The van der Waals surface area contributed by atoms with E-state index in [2.05, 4.69) is 4.74 Å². The third kappa shape index (κ3) is 2.38. The number of ether oxygens (including phenoxy) is 2. The first-order valence-corrected chi connectivity index (χ1v) is 2.13. The van der Waals surface area contributed by atoms with Crippen LogP contribution >= 0.6 is 0 Å². The van der Waals surface area contributed by atoms with E-state index in [-0.39, 0.29) is 32.1 Å². The Bertz CT molecular complexity index is 75.4. The van der Waals surface area contributed by atoms with Gasteiger partial charge in [0.05, 0.1) is 6.61 Å². The number of hydrogen-bond donors (Lipinski definition) is 0. The molecule has 0 saturated carbocycles. The zero-order valence-corrected chi connectivity index (χ0v) is 7.52. The normalized spacial score (nSPS) is 18.8. The Morgan fingerprint density at radius 1 is 1.38 bits per heavy atom. The Hall–Kier alpha value is 0.0534. The van der Waals surface area contributed by atoms with Crippen LogP contribution in [0.1, 0.15) is 0 Å². The van der Waals surface area contributed by atoms with E-state index in [9.17, 15) is 4.79 Å². The standard InChI is InChI=1S/C4H6O3.Zn/c5-4-3-6-1-2-7-4;/h1-3H2;. The number of esters is 1. The van der Waals surface area contributed by atoms with Crippen molar-refractivity contribution in [3.05, 3.63) is 0 Å². The third-order valence-corrected chi connectivity index (χ3v) is 0.711. The molecule has 3 nitrogen and oxygen atoms in total. The van der Waals surface area contributed by atoms with Gasteiger partial charge in [-0.25, -0.2) is 4.79 Å². The molecular formula is C4H6O3Zn. The van der Waals surface area contributed by atoms with Crippen LogP contribution in [0.5, 0.6) is 0 Å². The monoisotopic (exact) mass is 166 g/mol. The van der Waals surface area contributed by atoms with Gasteiger partial charge in [0, 0.05) is 19.5 Å². The second-order valence-electron chi connectivity index (χ2n) is 1.27. The van der Waals surface area contributed by atoms with Crippen molar-refractivity contribution in [3.63, 3.8) is 0 Å². The summed E-state index contributed by atoms with van der Waals surface area (Å²) in [5.41, 5.74) is 0. The van der Waals surface area contributed by atoms with Crippen LogP contribution in [0, 0.1) is 0 Å². The maximum atomic E-state index is 10.1. The smallest absolute Gasteiger partial charge is 0.332 e. The number of cyclic esters (lactones) is 1. The summed E-state index contributed by atoms with van der Waals surface area (Å²) >= 11 is 0. The summed E-state index contributed by atoms with van der Waals surface area (Å²) in [6.45, 7) is 1.09. The Balaban J connectivity index is 0.000000490. The van der Waals surface area contributed by atoms with Crippen LogP contribution in [-0.2, 0) is 33.7 Å². The van der Waals surface area contributed by atoms with E-state index in [1.165, 1.54) is 0 Å². The predicted octanol–water partition coefficient (Wildman–Crippen LogP) is -0.443. The zero-order chi connectivity index (χ0) is 5.11. The summed E-state index contributed by atoms with van der Waals surface area (Å²) in [7, 11) is 0. The van der Waals surface area contributed by atoms with Gasteiger partial charge in [-0.1, -0.05) is 0 Å². The summed E-state index contributed by atoms with van der Waals surface area (Å²) in [6, 6.07) is 0. The maximum Gasteiger partial charge on any atom is 0.332 e. The van der Waals surface area contributed by atoms with Crippen molar-refractivity contribution >= 4 is 5.97 Å². The molecule has 0 amide bonds. The van der Waals surface area contributed by atoms with Gasteiger partial charge in [0.2, 0.25) is 0 Å². The molecule has 0 radical (unpaired) electrons. The van der Waals surface area contributed by atoms with Gasteiger partial charge in [-0.05, 0) is 0 Å². The van der Waals surface area contributed by atoms with E-state index in [4.69, 9.17) is 4.74 Å². The second-order valence-corrected chi connectivity index (χ2v) is 1.27. The molecule has 0 aliphatic carbocycles. The molecule has 0 atom stereocenters. The van der Waals surface area contributed by atoms with Crippen LogP contribution in [0.4, 0.5) is 0 Å². The fourth-order valence-corrected chi connectivity index (χ4v) is 0.412. The Morgan fingerprint density at radius 3 is 2.38 bits per heavy atom. The topological polar surface area (TPSA) is 35.5 Å². The third-order valence-electron chi connectivity index (χ3n) is 0.711. The van der Waals surface area contributed by atoms with Crippen molar-refractivity contribution in [2.45, 2.75) is 0 Å². The Labute approximate surface area is 60.1 Å². The first-order chi connectivity index (χ1) is 3.39. The van der Waals surface area contributed by atoms with Gasteiger partial charge >= 0.3 is 5.97 Å². The summed E-state index contributed by atoms with van der Waals surface area (Å²) in [4.78, 5) is 10.1. The molecule has 0 aromatic rings. The van der Waals surface area contributed by atoms with E-state index in [0.717, 1.165) is 0 Å². The van der Waals surface area contributed by atoms with Gasteiger partial charge in [0.25, 0.3) is 0 Å². The quantitative estimate of drug-likeness (QED) is 0.362. The minimum atomic E-state index is -0.258.